The number of ketones is 1. The lowest BCUT2D eigenvalue weighted by molar-refractivity contribution is -0.384. The van der Waals surface area contributed by atoms with Crippen LogP contribution in [0.5, 0.6) is 0 Å². The molecule has 0 spiro atoms. The number of nitro groups is 1. The van der Waals surface area contributed by atoms with E-state index < -0.39 is 22.3 Å². The van der Waals surface area contributed by atoms with Crippen LogP contribution in [-0.2, 0) is 0 Å². The lowest BCUT2D eigenvalue weighted by Gasteiger charge is -2.04. The molecule has 0 aromatic heterocycles. The third kappa shape index (κ3) is 1.94. The lowest BCUT2D eigenvalue weighted by Crippen LogP contribution is -2.10. The minimum atomic E-state index is -0.796. The van der Waals surface area contributed by atoms with Gasteiger partial charge in [-0.25, -0.2) is 0 Å². The molecule has 1 aromatic rings. The van der Waals surface area contributed by atoms with Crippen LogP contribution in [0.1, 0.15) is 15.9 Å². The van der Waals surface area contributed by atoms with E-state index in [1.165, 1.54) is 12.1 Å². The van der Waals surface area contributed by atoms with Gasteiger partial charge in [-0.2, -0.15) is 5.26 Å². The van der Waals surface area contributed by atoms with Crippen LogP contribution in [0.15, 0.2) is 12.1 Å². The zero-order valence-corrected chi connectivity index (χ0v) is 8.69. The van der Waals surface area contributed by atoms with Crippen molar-refractivity contribution in [2.45, 2.75) is 0 Å². The SMILES string of the molecule is N#Cc1ccc(N)c([N+](=O)[O-])c1C(=O)CCl. The first-order chi connectivity index (χ1) is 7.52. The summed E-state index contributed by atoms with van der Waals surface area (Å²) in [7, 11) is 0. The molecule has 0 aliphatic heterocycles. The third-order valence-corrected chi connectivity index (χ3v) is 2.16. The standard InChI is InChI=1S/C9H6ClN3O3/c10-3-7(14)8-5(4-11)1-2-6(12)9(8)13(15)16/h1-2H,3,12H2. The summed E-state index contributed by atoms with van der Waals surface area (Å²) >= 11 is 5.32. The normalized spacial score (nSPS) is 9.50. The van der Waals surface area contributed by atoms with E-state index in [0.717, 1.165) is 0 Å². The van der Waals surface area contributed by atoms with Crippen LogP contribution in [0.25, 0.3) is 0 Å². The summed E-state index contributed by atoms with van der Waals surface area (Å²) in [5.74, 6) is -1.14. The van der Waals surface area contributed by atoms with E-state index in [2.05, 4.69) is 0 Å². The van der Waals surface area contributed by atoms with Gasteiger partial charge < -0.3 is 5.73 Å². The number of anilines is 1. The molecule has 6 nitrogen and oxygen atoms in total. The number of nitriles is 1. The molecule has 1 aromatic carbocycles. The lowest BCUT2D eigenvalue weighted by atomic mass is 10.0. The zero-order chi connectivity index (χ0) is 12.3. The van der Waals surface area contributed by atoms with Gasteiger partial charge in [-0.05, 0) is 12.1 Å². The predicted octanol–water partition coefficient (Wildman–Crippen LogP) is 1.47. The number of nitrogens with zero attached hydrogens (tertiary/aromatic N) is 2. The Morgan fingerprint density at radius 1 is 1.62 bits per heavy atom. The van der Waals surface area contributed by atoms with E-state index in [-0.39, 0.29) is 16.8 Å². The summed E-state index contributed by atoms with van der Waals surface area (Å²) in [4.78, 5) is 21.4. The number of Topliss-reactive ketones (excluding diaryl/α,β-unsaturated/α-hetero) is 1. The summed E-state index contributed by atoms with van der Waals surface area (Å²) in [6.07, 6.45) is 0. The Balaban J connectivity index is 3.63. The Morgan fingerprint density at radius 2 is 2.25 bits per heavy atom. The van der Waals surface area contributed by atoms with Crippen molar-refractivity contribution in [1.29, 1.82) is 5.26 Å². The first-order valence-electron chi connectivity index (χ1n) is 4.09. The van der Waals surface area contributed by atoms with Crippen molar-refractivity contribution in [2.24, 2.45) is 0 Å². The van der Waals surface area contributed by atoms with Crippen LogP contribution >= 0.6 is 11.6 Å². The Morgan fingerprint density at radius 3 is 2.69 bits per heavy atom. The maximum atomic E-state index is 11.4. The van der Waals surface area contributed by atoms with Gasteiger partial charge in [0.05, 0.1) is 16.4 Å². The summed E-state index contributed by atoms with van der Waals surface area (Å²) in [6.45, 7) is 0. The molecule has 0 radical (unpaired) electrons. The monoisotopic (exact) mass is 239 g/mol. The molecule has 7 heteroatoms. The average molecular weight is 240 g/mol. The molecule has 0 aliphatic carbocycles. The second-order valence-corrected chi connectivity index (χ2v) is 3.12. The van der Waals surface area contributed by atoms with Gasteiger partial charge in [-0.15, -0.1) is 11.6 Å². The van der Waals surface area contributed by atoms with Crippen molar-refractivity contribution < 1.29 is 9.72 Å². The van der Waals surface area contributed by atoms with Crippen molar-refractivity contribution >= 4 is 28.8 Å². The topological polar surface area (TPSA) is 110 Å². The van der Waals surface area contributed by atoms with Crippen LogP contribution in [-0.4, -0.2) is 16.6 Å². The van der Waals surface area contributed by atoms with Gasteiger partial charge in [0.2, 0.25) is 0 Å². The molecular weight excluding hydrogens is 234 g/mol. The molecule has 0 atom stereocenters. The van der Waals surface area contributed by atoms with E-state index >= 15 is 0 Å². The van der Waals surface area contributed by atoms with Gasteiger partial charge in [0.15, 0.2) is 5.78 Å². The number of nitrogen functional groups attached to an aromatic ring is 1. The van der Waals surface area contributed by atoms with Crippen molar-refractivity contribution in [3.8, 4) is 6.07 Å². The van der Waals surface area contributed by atoms with Crippen LogP contribution in [0.4, 0.5) is 11.4 Å². The number of hydrogen-bond donors (Lipinski definition) is 1. The number of hydrogen-bond acceptors (Lipinski definition) is 5. The van der Waals surface area contributed by atoms with Crippen LogP contribution in [0.3, 0.4) is 0 Å². The summed E-state index contributed by atoms with van der Waals surface area (Å²) in [5, 5.41) is 19.5. The summed E-state index contributed by atoms with van der Waals surface area (Å²) < 4.78 is 0. The van der Waals surface area contributed by atoms with Crippen molar-refractivity contribution in [2.75, 3.05) is 11.6 Å². The minimum Gasteiger partial charge on any atom is -0.393 e. The third-order valence-electron chi connectivity index (χ3n) is 1.91. The summed E-state index contributed by atoms with van der Waals surface area (Å²) in [6, 6.07) is 4.16. The quantitative estimate of drug-likeness (QED) is 0.282. The minimum absolute atomic E-state index is 0.105. The Bertz CT molecular complexity index is 507. The zero-order valence-electron chi connectivity index (χ0n) is 7.94. The van der Waals surface area contributed by atoms with Gasteiger partial charge in [-0.1, -0.05) is 0 Å². The van der Waals surface area contributed by atoms with Gasteiger partial charge >= 0.3 is 5.69 Å². The number of alkyl halides is 1. The molecule has 0 heterocycles. The molecule has 0 bridgehead atoms. The molecule has 2 N–H and O–H groups in total. The van der Waals surface area contributed by atoms with Crippen molar-refractivity contribution in [1.82, 2.24) is 0 Å². The Kier molecular flexibility index (Phi) is 3.43. The maximum absolute atomic E-state index is 11.4. The number of rotatable bonds is 3. The smallest absolute Gasteiger partial charge is 0.304 e. The fourth-order valence-electron chi connectivity index (χ4n) is 1.25. The van der Waals surface area contributed by atoms with Crippen LogP contribution in [0.2, 0.25) is 0 Å². The number of halogens is 1. The number of nitro benzene ring substituents is 1. The Labute approximate surface area is 95.4 Å². The van der Waals surface area contributed by atoms with E-state index in [0.29, 0.717) is 0 Å². The molecule has 0 amide bonds. The largest absolute Gasteiger partial charge is 0.393 e. The number of carbonyl (C=O) groups is 1. The molecule has 0 fully saturated rings. The van der Waals surface area contributed by atoms with E-state index in [4.69, 9.17) is 22.6 Å². The van der Waals surface area contributed by atoms with Gasteiger partial charge in [0.25, 0.3) is 0 Å². The first kappa shape index (κ1) is 11.9. The average Bonchev–Trinajstić information content (AvgIpc) is 2.27. The molecule has 0 aliphatic rings. The van der Waals surface area contributed by atoms with Crippen LogP contribution in [0, 0.1) is 21.4 Å². The highest BCUT2D eigenvalue weighted by Crippen LogP contribution is 2.29. The van der Waals surface area contributed by atoms with Crippen LogP contribution < -0.4 is 5.73 Å². The second-order valence-electron chi connectivity index (χ2n) is 2.85. The summed E-state index contributed by atoms with van der Waals surface area (Å²) in [5.41, 5.74) is 4.22. The maximum Gasteiger partial charge on any atom is 0.304 e. The molecule has 82 valence electrons. The number of nitrogens with two attached hydrogens (primary N) is 1. The van der Waals surface area contributed by atoms with Gasteiger partial charge in [-0.3, -0.25) is 14.9 Å². The number of benzene rings is 1. The van der Waals surface area contributed by atoms with Gasteiger partial charge in [0.1, 0.15) is 17.3 Å². The fraction of sp³-hybridized carbons (Fsp3) is 0.111. The van der Waals surface area contributed by atoms with Gasteiger partial charge in [0, 0.05) is 0 Å². The highest BCUT2D eigenvalue weighted by atomic mass is 35.5. The molecule has 0 saturated heterocycles. The number of carbonyl (C=O) groups excluding carboxylic acids is 1. The van der Waals surface area contributed by atoms with E-state index in [1.54, 1.807) is 6.07 Å². The molecule has 0 unspecified atom stereocenters. The molecule has 0 saturated carbocycles. The highest BCUT2D eigenvalue weighted by molar-refractivity contribution is 6.31. The van der Waals surface area contributed by atoms with Crippen molar-refractivity contribution in [3.63, 3.8) is 0 Å². The van der Waals surface area contributed by atoms with E-state index in [1.807, 2.05) is 0 Å². The Hall–Kier alpha value is -2.13. The molecule has 1 rings (SSSR count). The second kappa shape index (κ2) is 4.59. The fourth-order valence-corrected chi connectivity index (χ4v) is 1.38. The van der Waals surface area contributed by atoms with Crippen molar-refractivity contribution in [3.05, 3.63) is 33.4 Å². The highest BCUT2D eigenvalue weighted by Gasteiger charge is 2.26. The first-order valence-corrected chi connectivity index (χ1v) is 4.62. The van der Waals surface area contributed by atoms with E-state index in [9.17, 15) is 14.9 Å². The molecule has 16 heavy (non-hydrogen) atoms. The predicted molar refractivity (Wildman–Crippen MR) is 57.3 cm³/mol. The molecular formula is C9H6ClN3O3.